The molecule has 4 nitrogen and oxygen atoms in total. The molecule has 3 aromatic rings. The molecule has 0 radical (unpaired) electrons. The number of carbonyl (C=O) groups is 1. The van der Waals surface area contributed by atoms with E-state index in [0.29, 0.717) is 14.9 Å². The molecule has 0 aliphatic heterocycles. The lowest BCUT2D eigenvalue weighted by molar-refractivity contribution is 0.103. The van der Waals surface area contributed by atoms with Crippen LogP contribution in [0.25, 0.3) is 5.69 Å². The number of carbonyl (C=O) groups excluding carboxylic acids is 1. The summed E-state index contributed by atoms with van der Waals surface area (Å²) in [5.74, 6) is -0.175. The van der Waals surface area contributed by atoms with E-state index in [1.54, 1.807) is 12.1 Å². The van der Waals surface area contributed by atoms with E-state index in [1.807, 2.05) is 48.9 Å². The predicted molar refractivity (Wildman–Crippen MR) is 90.3 cm³/mol. The summed E-state index contributed by atoms with van der Waals surface area (Å²) in [7, 11) is 0. The minimum Gasteiger partial charge on any atom is -0.319 e. The van der Waals surface area contributed by atoms with Crippen molar-refractivity contribution in [3.8, 4) is 5.69 Å². The molecule has 0 aliphatic carbocycles. The Morgan fingerprint density at radius 2 is 2.00 bits per heavy atom. The second-order valence-corrected chi connectivity index (χ2v) is 6.63. The summed E-state index contributed by atoms with van der Waals surface area (Å²) >= 11 is 7.14. The molecule has 6 heteroatoms. The predicted octanol–water partition coefficient (Wildman–Crippen LogP) is 4.46. The fourth-order valence-electron chi connectivity index (χ4n) is 2.26. The third-order valence-corrected chi connectivity index (χ3v) is 4.42. The van der Waals surface area contributed by atoms with E-state index >= 15 is 0 Å². The molecule has 1 amide bonds. The second kappa shape index (κ2) is 5.94. The van der Waals surface area contributed by atoms with Gasteiger partial charge in [0.05, 0.1) is 26.3 Å². The Balaban J connectivity index is 1.95. The molecule has 112 valence electrons. The Morgan fingerprint density at radius 1 is 1.23 bits per heavy atom. The van der Waals surface area contributed by atoms with E-state index in [2.05, 4.69) is 10.4 Å². The van der Waals surface area contributed by atoms with Crippen molar-refractivity contribution in [2.45, 2.75) is 13.8 Å². The van der Waals surface area contributed by atoms with Gasteiger partial charge in [0.25, 0.3) is 5.91 Å². The summed E-state index contributed by atoms with van der Waals surface area (Å²) < 4.78 is 2.42. The maximum absolute atomic E-state index is 12.3. The molecule has 0 aliphatic rings. The van der Waals surface area contributed by atoms with E-state index < -0.39 is 0 Å². The number of hydrogen-bond donors (Lipinski definition) is 1. The molecule has 0 spiro atoms. The van der Waals surface area contributed by atoms with Crippen LogP contribution in [0.1, 0.15) is 21.1 Å². The van der Waals surface area contributed by atoms with E-state index in [0.717, 1.165) is 17.1 Å². The molecular formula is C16H14ClN3OS. The van der Waals surface area contributed by atoms with Crippen molar-refractivity contribution in [2.75, 3.05) is 5.32 Å². The fraction of sp³-hybridized carbons (Fsp3) is 0.125. The van der Waals surface area contributed by atoms with E-state index in [-0.39, 0.29) is 5.91 Å². The highest BCUT2D eigenvalue weighted by Crippen LogP contribution is 2.25. The van der Waals surface area contributed by atoms with Crippen LogP contribution in [0.15, 0.2) is 42.5 Å². The lowest BCUT2D eigenvalue weighted by Gasteiger charge is -2.11. The van der Waals surface area contributed by atoms with Crippen LogP contribution in [-0.2, 0) is 0 Å². The van der Waals surface area contributed by atoms with Crippen LogP contribution in [-0.4, -0.2) is 15.7 Å². The van der Waals surface area contributed by atoms with Crippen molar-refractivity contribution in [3.63, 3.8) is 0 Å². The quantitative estimate of drug-likeness (QED) is 0.770. The first-order valence-corrected chi connectivity index (χ1v) is 7.93. The van der Waals surface area contributed by atoms with Crippen LogP contribution in [0.5, 0.6) is 0 Å². The lowest BCUT2D eigenvalue weighted by atomic mass is 10.2. The molecule has 22 heavy (non-hydrogen) atoms. The third-order valence-electron chi connectivity index (χ3n) is 3.19. The lowest BCUT2D eigenvalue weighted by Crippen LogP contribution is -2.13. The van der Waals surface area contributed by atoms with E-state index in [9.17, 15) is 4.79 Å². The Morgan fingerprint density at radius 3 is 2.64 bits per heavy atom. The second-order valence-electron chi connectivity index (χ2n) is 4.91. The number of halogens is 1. The number of rotatable bonds is 3. The molecule has 0 unspecified atom stereocenters. The van der Waals surface area contributed by atoms with Gasteiger partial charge in [-0.1, -0.05) is 23.7 Å². The largest absolute Gasteiger partial charge is 0.319 e. The average Bonchev–Trinajstić information content (AvgIpc) is 3.05. The number of nitrogens with one attached hydrogen (secondary N) is 1. The van der Waals surface area contributed by atoms with Crippen molar-refractivity contribution in [2.24, 2.45) is 0 Å². The topological polar surface area (TPSA) is 46.9 Å². The summed E-state index contributed by atoms with van der Waals surface area (Å²) in [6, 6.07) is 13.0. The number of aryl methyl sites for hydroxylation is 2. The molecule has 0 saturated heterocycles. The summed E-state index contributed by atoms with van der Waals surface area (Å²) in [6.07, 6.45) is 0. The van der Waals surface area contributed by atoms with Gasteiger partial charge < -0.3 is 5.32 Å². The number of para-hydroxylation sites is 2. The zero-order valence-corrected chi connectivity index (χ0v) is 13.7. The molecule has 1 aromatic carbocycles. The van der Waals surface area contributed by atoms with Crippen molar-refractivity contribution < 1.29 is 4.79 Å². The van der Waals surface area contributed by atoms with Gasteiger partial charge in [0.15, 0.2) is 0 Å². The minimum absolute atomic E-state index is 0.175. The zero-order chi connectivity index (χ0) is 15.7. The monoisotopic (exact) mass is 331 g/mol. The zero-order valence-electron chi connectivity index (χ0n) is 12.1. The maximum atomic E-state index is 12.3. The highest BCUT2D eigenvalue weighted by atomic mass is 35.5. The number of amides is 1. The van der Waals surface area contributed by atoms with E-state index in [4.69, 9.17) is 11.6 Å². The van der Waals surface area contributed by atoms with Crippen LogP contribution in [0.4, 0.5) is 5.69 Å². The summed E-state index contributed by atoms with van der Waals surface area (Å²) in [5, 5.41) is 7.40. The third kappa shape index (κ3) is 2.91. The van der Waals surface area contributed by atoms with Crippen LogP contribution in [0.2, 0.25) is 4.34 Å². The molecule has 0 atom stereocenters. The molecular weight excluding hydrogens is 318 g/mol. The number of anilines is 1. The Labute approximate surface area is 137 Å². The van der Waals surface area contributed by atoms with Crippen molar-refractivity contribution >= 4 is 34.5 Å². The van der Waals surface area contributed by atoms with Gasteiger partial charge in [-0.05, 0) is 44.2 Å². The van der Waals surface area contributed by atoms with Gasteiger partial charge in [-0.25, -0.2) is 4.68 Å². The molecule has 0 saturated carbocycles. The molecule has 1 N–H and O–H groups in total. The minimum atomic E-state index is -0.175. The molecule has 2 aromatic heterocycles. The first-order valence-electron chi connectivity index (χ1n) is 6.74. The van der Waals surface area contributed by atoms with Crippen molar-refractivity contribution in [1.29, 1.82) is 0 Å². The van der Waals surface area contributed by atoms with Crippen LogP contribution < -0.4 is 5.32 Å². The molecule has 3 rings (SSSR count). The molecule has 2 heterocycles. The Hall–Kier alpha value is -2.11. The smallest absolute Gasteiger partial charge is 0.265 e. The average molecular weight is 332 g/mol. The summed E-state index contributed by atoms with van der Waals surface area (Å²) in [4.78, 5) is 12.9. The molecule has 0 fully saturated rings. The highest BCUT2D eigenvalue weighted by Gasteiger charge is 2.13. The number of aromatic nitrogens is 2. The van der Waals surface area contributed by atoms with Gasteiger partial charge in [-0.2, -0.15) is 5.10 Å². The van der Waals surface area contributed by atoms with Crippen molar-refractivity contribution in [3.05, 3.63) is 63.1 Å². The summed E-state index contributed by atoms with van der Waals surface area (Å²) in [5.41, 5.74) is 3.49. The molecule has 0 bridgehead atoms. The van der Waals surface area contributed by atoms with Crippen LogP contribution in [0.3, 0.4) is 0 Å². The van der Waals surface area contributed by atoms with Gasteiger partial charge in [0.1, 0.15) is 0 Å². The Bertz CT molecular complexity index is 838. The number of hydrogen-bond acceptors (Lipinski definition) is 3. The first-order chi connectivity index (χ1) is 10.5. The fourth-order valence-corrected chi connectivity index (χ4v) is 3.20. The van der Waals surface area contributed by atoms with Gasteiger partial charge >= 0.3 is 0 Å². The number of nitrogens with zero attached hydrogens (tertiary/aromatic N) is 2. The Kier molecular flexibility index (Phi) is 4.00. The van der Waals surface area contributed by atoms with Gasteiger partial charge in [-0.3, -0.25) is 4.79 Å². The van der Waals surface area contributed by atoms with Crippen LogP contribution in [0, 0.1) is 13.8 Å². The first kappa shape index (κ1) is 14.8. The van der Waals surface area contributed by atoms with Gasteiger partial charge in [-0.15, -0.1) is 11.3 Å². The maximum Gasteiger partial charge on any atom is 0.265 e. The normalized spacial score (nSPS) is 10.7. The van der Waals surface area contributed by atoms with Crippen LogP contribution >= 0.6 is 22.9 Å². The van der Waals surface area contributed by atoms with Gasteiger partial charge in [0.2, 0.25) is 0 Å². The highest BCUT2D eigenvalue weighted by molar-refractivity contribution is 7.18. The SMILES string of the molecule is Cc1cc(C)n(-c2ccccc2NC(=O)c2ccc(Cl)s2)n1. The standard InChI is InChI=1S/C16H14ClN3OS/c1-10-9-11(2)20(19-10)13-6-4-3-5-12(13)18-16(21)14-7-8-15(17)22-14/h3-9H,1-2H3,(H,18,21). The van der Waals surface area contributed by atoms with Gasteiger partial charge in [0, 0.05) is 5.69 Å². The van der Waals surface area contributed by atoms with E-state index in [1.165, 1.54) is 11.3 Å². The number of benzene rings is 1. The number of thiophene rings is 1. The summed E-state index contributed by atoms with van der Waals surface area (Å²) in [6.45, 7) is 3.93. The van der Waals surface area contributed by atoms with Crippen molar-refractivity contribution in [1.82, 2.24) is 9.78 Å².